The molecular formula is C15H14OS. The number of rotatable bonds is 2. The zero-order valence-corrected chi connectivity index (χ0v) is 10.8. The van der Waals surface area contributed by atoms with Crippen LogP contribution in [0.2, 0.25) is 0 Å². The summed E-state index contributed by atoms with van der Waals surface area (Å²) in [5.74, 6) is 0.912. The number of hydrogen-bond donors (Lipinski definition) is 0. The monoisotopic (exact) mass is 242 g/mol. The first-order chi connectivity index (χ1) is 8.24. The van der Waals surface area contributed by atoms with Crippen molar-refractivity contribution in [1.82, 2.24) is 0 Å². The van der Waals surface area contributed by atoms with Crippen LogP contribution in [0.5, 0.6) is 5.75 Å². The molecule has 0 amide bonds. The fourth-order valence-corrected chi connectivity index (χ4v) is 3.66. The summed E-state index contributed by atoms with van der Waals surface area (Å²) in [5, 5.41) is 0. The lowest BCUT2D eigenvalue weighted by atomic mass is 9.91. The van der Waals surface area contributed by atoms with E-state index in [1.807, 2.05) is 23.9 Å². The van der Waals surface area contributed by atoms with Crippen molar-refractivity contribution in [2.45, 2.75) is 16.6 Å². The Labute approximate surface area is 106 Å². The van der Waals surface area contributed by atoms with Gasteiger partial charge in [-0.1, -0.05) is 30.3 Å². The minimum absolute atomic E-state index is 0.100. The molecule has 1 aliphatic rings. The van der Waals surface area contributed by atoms with E-state index in [2.05, 4.69) is 43.3 Å². The quantitative estimate of drug-likeness (QED) is 0.785. The van der Waals surface area contributed by atoms with E-state index in [4.69, 9.17) is 4.74 Å². The summed E-state index contributed by atoms with van der Waals surface area (Å²) in [5.41, 5.74) is 2.76. The molecule has 3 rings (SSSR count). The van der Waals surface area contributed by atoms with E-state index < -0.39 is 0 Å². The summed E-state index contributed by atoms with van der Waals surface area (Å²) in [6, 6.07) is 17.0. The summed E-state index contributed by atoms with van der Waals surface area (Å²) in [4.78, 5) is 1.39. The highest BCUT2D eigenvalue weighted by molar-refractivity contribution is 8.02. The van der Waals surface area contributed by atoms with Crippen LogP contribution in [-0.4, -0.2) is 7.11 Å². The van der Waals surface area contributed by atoms with E-state index in [1.54, 1.807) is 7.11 Å². The summed E-state index contributed by atoms with van der Waals surface area (Å²) in [6.45, 7) is 2.28. The van der Waals surface area contributed by atoms with Crippen LogP contribution in [0.1, 0.15) is 18.1 Å². The van der Waals surface area contributed by atoms with Crippen molar-refractivity contribution in [3.8, 4) is 5.75 Å². The highest BCUT2D eigenvalue weighted by atomic mass is 32.2. The van der Waals surface area contributed by atoms with Crippen LogP contribution in [0.3, 0.4) is 0 Å². The summed E-state index contributed by atoms with van der Waals surface area (Å²) in [6.07, 6.45) is 0. The van der Waals surface area contributed by atoms with Crippen molar-refractivity contribution in [3.05, 3.63) is 59.7 Å². The smallest absolute Gasteiger partial charge is 0.118 e. The van der Waals surface area contributed by atoms with Crippen molar-refractivity contribution in [1.29, 1.82) is 0 Å². The van der Waals surface area contributed by atoms with Gasteiger partial charge in [-0.15, -0.1) is 11.8 Å². The topological polar surface area (TPSA) is 9.23 Å². The van der Waals surface area contributed by atoms with Crippen LogP contribution in [-0.2, 0) is 4.75 Å². The maximum absolute atomic E-state index is 5.20. The first kappa shape index (κ1) is 10.7. The van der Waals surface area contributed by atoms with Gasteiger partial charge in [-0.3, -0.25) is 0 Å². The molecule has 0 aromatic heterocycles. The molecule has 0 saturated heterocycles. The highest BCUT2D eigenvalue weighted by Crippen LogP contribution is 2.57. The van der Waals surface area contributed by atoms with Crippen LogP contribution >= 0.6 is 11.8 Å². The van der Waals surface area contributed by atoms with Gasteiger partial charge in [-0.05, 0) is 36.2 Å². The van der Waals surface area contributed by atoms with Crippen molar-refractivity contribution in [2.24, 2.45) is 0 Å². The number of ether oxygens (including phenoxy) is 1. The SMILES string of the molecule is COc1ccc(C2(C)Sc3ccccc32)cc1. The third-order valence-electron chi connectivity index (χ3n) is 3.36. The molecule has 2 heteroatoms. The molecule has 1 atom stereocenters. The number of methoxy groups -OCH3 is 1. The van der Waals surface area contributed by atoms with Gasteiger partial charge in [0, 0.05) is 4.90 Å². The molecule has 0 saturated carbocycles. The fourth-order valence-electron chi connectivity index (χ4n) is 2.30. The molecule has 0 spiro atoms. The lowest BCUT2D eigenvalue weighted by Crippen LogP contribution is -2.27. The van der Waals surface area contributed by atoms with E-state index in [1.165, 1.54) is 16.0 Å². The Hall–Kier alpha value is -1.41. The average molecular weight is 242 g/mol. The van der Waals surface area contributed by atoms with E-state index in [9.17, 15) is 0 Å². The van der Waals surface area contributed by atoms with Gasteiger partial charge < -0.3 is 4.74 Å². The molecule has 86 valence electrons. The summed E-state index contributed by atoms with van der Waals surface area (Å²) in [7, 11) is 1.70. The van der Waals surface area contributed by atoms with Gasteiger partial charge in [0.1, 0.15) is 5.75 Å². The third-order valence-corrected chi connectivity index (χ3v) is 4.80. The van der Waals surface area contributed by atoms with Crippen LogP contribution in [0.15, 0.2) is 53.4 Å². The Morgan fingerprint density at radius 1 is 1.00 bits per heavy atom. The predicted molar refractivity (Wildman–Crippen MR) is 71.7 cm³/mol. The van der Waals surface area contributed by atoms with Gasteiger partial charge in [0.05, 0.1) is 11.9 Å². The molecule has 2 aromatic carbocycles. The molecule has 17 heavy (non-hydrogen) atoms. The fraction of sp³-hybridized carbons (Fsp3) is 0.200. The van der Waals surface area contributed by atoms with Crippen LogP contribution in [0.4, 0.5) is 0 Å². The van der Waals surface area contributed by atoms with Crippen molar-refractivity contribution in [3.63, 3.8) is 0 Å². The molecule has 1 unspecified atom stereocenters. The van der Waals surface area contributed by atoms with Gasteiger partial charge >= 0.3 is 0 Å². The van der Waals surface area contributed by atoms with E-state index in [-0.39, 0.29) is 4.75 Å². The van der Waals surface area contributed by atoms with Crippen LogP contribution in [0, 0.1) is 0 Å². The molecule has 0 N–H and O–H groups in total. The first-order valence-electron chi connectivity index (χ1n) is 5.67. The average Bonchev–Trinajstić information content (AvgIpc) is 2.37. The standard InChI is InChI=1S/C15H14OS/c1-15(11-7-9-12(16-2)10-8-11)13-5-3-4-6-14(13)17-15/h3-10H,1-2H3. The highest BCUT2D eigenvalue weighted by Gasteiger charge is 2.40. The Bertz CT molecular complexity index is 547. The predicted octanol–water partition coefficient (Wildman–Crippen LogP) is 4.06. The molecule has 0 fully saturated rings. The lowest BCUT2D eigenvalue weighted by molar-refractivity contribution is 0.414. The normalized spacial score (nSPS) is 21.5. The maximum atomic E-state index is 5.20. The molecule has 0 bridgehead atoms. The van der Waals surface area contributed by atoms with Crippen molar-refractivity contribution < 1.29 is 4.74 Å². The van der Waals surface area contributed by atoms with E-state index in [0.717, 1.165) is 5.75 Å². The molecule has 1 heterocycles. The van der Waals surface area contributed by atoms with Crippen molar-refractivity contribution >= 4 is 11.8 Å². The molecule has 0 radical (unpaired) electrons. The van der Waals surface area contributed by atoms with Gasteiger partial charge in [-0.25, -0.2) is 0 Å². The maximum Gasteiger partial charge on any atom is 0.118 e. The Morgan fingerprint density at radius 2 is 1.71 bits per heavy atom. The second kappa shape index (κ2) is 3.81. The summed E-state index contributed by atoms with van der Waals surface area (Å²) < 4.78 is 5.30. The van der Waals surface area contributed by atoms with Crippen LogP contribution < -0.4 is 4.74 Å². The van der Waals surface area contributed by atoms with Crippen LogP contribution in [0.25, 0.3) is 0 Å². The van der Waals surface area contributed by atoms with Gasteiger partial charge in [0.2, 0.25) is 0 Å². The number of thioether (sulfide) groups is 1. The lowest BCUT2D eigenvalue weighted by Gasteiger charge is -2.40. The van der Waals surface area contributed by atoms with E-state index >= 15 is 0 Å². The molecule has 1 nitrogen and oxygen atoms in total. The Balaban J connectivity index is 2.00. The number of benzene rings is 2. The summed E-state index contributed by atoms with van der Waals surface area (Å²) >= 11 is 1.93. The zero-order chi connectivity index (χ0) is 11.9. The zero-order valence-electron chi connectivity index (χ0n) is 9.94. The van der Waals surface area contributed by atoms with Gasteiger partial charge in [-0.2, -0.15) is 0 Å². The molecular weight excluding hydrogens is 228 g/mol. The molecule has 2 aromatic rings. The van der Waals surface area contributed by atoms with Gasteiger partial charge in [0.15, 0.2) is 0 Å². The second-order valence-corrected chi connectivity index (χ2v) is 5.82. The number of fused-ring (bicyclic) bond motifs is 1. The van der Waals surface area contributed by atoms with Gasteiger partial charge in [0.25, 0.3) is 0 Å². The van der Waals surface area contributed by atoms with E-state index in [0.29, 0.717) is 0 Å². The minimum atomic E-state index is 0.100. The first-order valence-corrected chi connectivity index (χ1v) is 6.49. The Morgan fingerprint density at radius 3 is 2.35 bits per heavy atom. The third kappa shape index (κ3) is 1.55. The molecule has 0 aliphatic carbocycles. The molecule has 1 aliphatic heterocycles. The second-order valence-electron chi connectivity index (χ2n) is 4.36. The largest absolute Gasteiger partial charge is 0.497 e. The number of hydrogen-bond acceptors (Lipinski definition) is 2. The minimum Gasteiger partial charge on any atom is -0.497 e. The van der Waals surface area contributed by atoms with Crippen molar-refractivity contribution in [2.75, 3.05) is 7.11 Å². The Kier molecular flexibility index (Phi) is 2.40.